The fourth-order valence-electron chi connectivity index (χ4n) is 4.43. The summed E-state index contributed by atoms with van der Waals surface area (Å²) in [4.78, 5) is 31.4. The molecule has 2 aliphatic rings. The first-order chi connectivity index (χ1) is 17.0. The second kappa shape index (κ2) is 11.8. The van der Waals surface area contributed by atoms with Crippen molar-refractivity contribution in [3.8, 4) is 0 Å². The fourth-order valence-corrected chi connectivity index (χ4v) is 5.01. The molecule has 2 heterocycles. The van der Waals surface area contributed by atoms with Crippen molar-refractivity contribution in [2.75, 3.05) is 44.3 Å². The maximum absolute atomic E-state index is 12.9. The number of para-hydroxylation sites is 1. The first-order valence-corrected chi connectivity index (χ1v) is 12.7. The molecule has 2 N–H and O–H groups in total. The SMILES string of the molecule is CCN(C(=S)N1CCNCC1N1CN(CCCC(=O)c2ccc(Cl)cc2)NC1=O)c1ccccc1. The number of rotatable bonds is 8. The third-order valence-corrected chi connectivity index (χ3v) is 6.98. The molecular formula is C25H31ClN6O2S. The van der Waals surface area contributed by atoms with Crippen LogP contribution in [-0.4, -0.2) is 77.3 Å². The van der Waals surface area contributed by atoms with Crippen molar-refractivity contribution in [3.63, 3.8) is 0 Å². The van der Waals surface area contributed by atoms with E-state index in [0.717, 1.165) is 18.8 Å². The molecule has 2 fully saturated rings. The number of nitrogens with zero attached hydrogens (tertiary/aromatic N) is 4. The highest BCUT2D eigenvalue weighted by atomic mass is 35.5. The van der Waals surface area contributed by atoms with Crippen molar-refractivity contribution in [2.24, 2.45) is 0 Å². The fraction of sp³-hybridized carbons (Fsp3) is 0.400. The quantitative estimate of drug-likeness (QED) is 0.412. The van der Waals surface area contributed by atoms with Gasteiger partial charge in [-0.1, -0.05) is 29.8 Å². The van der Waals surface area contributed by atoms with Crippen LogP contribution in [0.25, 0.3) is 0 Å². The molecule has 0 aliphatic carbocycles. The highest BCUT2D eigenvalue weighted by molar-refractivity contribution is 7.80. The summed E-state index contributed by atoms with van der Waals surface area (Å²) in [5.74, 6) is 0.0672. The molecule has 186 valence electrons. The summed E-state index contributed by atoms with van der Waals surface area (Å²) in [6.45, 7) is 5.96. The second-order valence-electron chi connectivity index (χ2n) is 8.57. The average molecular weight is 515 g/mol. The first kappa shape index (κ1) is 25.4. The van der Waals surface area contributed by atoms with Gasteiger partial charge in [-0.3, -0.25) is 15.1 Å². The number of carbonyl (C=O) groups is 2. The minimum atomic E-state index is -0.199. The van der Waals surface area contributed by atoms with Crippen LogP contribution in [0.3, 0.4) is 0 Å². The molecule has 10 heteroatoms. The number of amides is 2. The van der Waals surface area contributed by atoms with E-state index in [-0.39, 0.29) is 18.0 Å². The van der Waals surface area contributed by atoms with Crippen molar-refractivity contribution in [1.29, 1.82) is 0 Å². The maximum atomic E-state index is 12.9. The number of piperazine rings is 1. The number of thiocarbonyl (C=S) groups is 1. The van der Waals surface area contributed by atoms with Gasteiger partial charge in [-0.2, -0.15) is 0 Å². The smallest absolute Gasteiger partial charge is 0.326 e. The monoisotopic (exact) mass is 514 g/mol. The zero-order valence-electron chi connectivity index (χ0n) is 19.8. The Balaban J connectivity index is 1.35. The summed E-state index contributed by atoms with van der Waals surface area (Å²) < 4.78 is 0. The topological polar surface area (TPSA) is 71.2 Å². The highest BCUT2D eigenvalue weighted by Crippen LogP contribution is 2.21. The van der Waals surface area contributed by atoms with Crippen LogP contribution in [0.5, 0.6) is 0 Å². The van der Waals surface area contributed by atoms with Crippen LogP contribution < -0.4 is 15.6 Å². The number of urea groups is 1. The van der Waals surface area contributed by atoms with Crippen LogP contribution in [-0.2, 0) is 0 Å². The number of benzene rings is 2. The van der Waals surface area contributed by atoms with E-state index < -0.39 is 0 Å². The van der Waals surface area contributed by atoms with Gasteiger partial charge in [-0.15, -0.1) is 0 Å². The molecule has 2 saturated heterocycles. The summed E-state index contributed by atoms with van der Waals surface area (Å²) in [6.07, 6.45) is 0.838. The van der Waals surface area contributed by atoms with Crippen molar-refractivity contribution < 1.29 is 9.59 Å². The molecule has 0 aromatic heterocycles. The molecule has 2 aromatic carbocycles. The predicted molar refractivity (Wildman–Crippen MR) is 142 cm³/mol. The van der Waals surface area contributed by atoms with E-state index in [0.29, 0.717) is 54.8 Å². The van der Waals surface area contributed by atoms with E-state index in [4.69, 9.17) is 23.8 Å². The zero-order valence-corrected chi connectivity index (χ0v) is 21.4. The lowest BCUT2D eigenvalue weighted by Crippen LogP contribution is -2.63. The highest BCUT2D eigenvalue weighted by Gasteiger charge is 2.38. The van der Waals surface area contributed by atoms with Crippen molar-refractivity contribution in [1.82, 2.24) is 25.6 Å². The van der Waals surface area contributed by atoms with Gasteiger partial charge in [0.2, 0.25) is 0 Å². The number of carbonyl (C=O) groups excluding carboxylic acids is 2. The van der Waals surface area contributed by atoms with E-state index in [1.54, 1.807) is 29.2 Å². The Bertz CT molecular complexity index is 1040. The number of nitrogens with one attached hydrogen (secondary N) is 2. The molecule has 2 aromatic rings. The van der Waals surface area contributed by atoms with Gasteiger partial charge in [0.15, 0.2) is 10.9 Å². The number of halogens is 1. The van der Waals surface area contributed by atoms with E-state index in [9.17, 15) is 9.59 Å². The second-order valence-corrected chi connectivity index (χ2v) is 9.37. The van der Waals surface area contributed by atoms with E-state index in [1.807, 2.05) is 35.3 Å². The van der Waals surface area contributed by atoms with Crippen molar-refractivity contribution in [3.05, 3.63) is 65.2 Å². The minimum absolute atomic E-state index is 0.0672. The number of hydrogen-bond acceptors (Lipinski definition) is 5. The minimum Gasteiger partial charge on any atom is -0.326 e. The standard InChI is InChI=1S/C25H31ClN6O2S/c1-2-30(21-7-4-3-5-8-21)25(35)31-16-14-27-17-23(31)32-18-29(28-24(32)34)15-6-9-22(33)19-10-12-20(26)13-11-19/h3-5,7-8,10-13,23,27H,2,6,9,14-18H2,1H3,(H,28,34). The van der Waals surface area contributed by atoms with Gasteiger partial charge in [-0.05, 0) is 62.0 Å². The van der Waals surface area contributed by atoms with Crippen LogP contribution >= 0.6 is 23.8 Å². The van der Waals surface area contributed by atoms with Crippen LogP contribution in [0, 0.1) is 0 Å². The van der Waals surface area contributed by atoms with E-state index in [2.05, 4.69) is 27.5 Å². The predicted octanol–water partition coefficient (Wildman–Crippen LogP) is 3.55. The van der Waals surface area contributed by atoms with Crippen LogP contribution in [0.15, 0.2) is 54.6 Å². The molecule has 0 radical (unpaired) electrons. The Kier molecular flexibility index (Phi) is 8.56. The molecule has 4 rings (SSSR count). The van der Waals surface area contributed by atoms with Crippen molar-refractivity contribution in [2.45, 2.75) is 25.9 Å². The third-order valence-electron chi connectivity index (χ3n) is 6.27. The van der Waals surface area contributed by atoms with E-state index >= 15 is 0 Å². The molecule has 2 amide bonds. The number of ketones is 1. The lowest BCUT2D eigenvalue weighted by Gasteiger charge is -2.44. The molecule has 0 spiro atoms. The summed E-state index contributed by atoms with van der Waals surface area (Å²) >= 11 is 11.8. The Morgan fingerprint density at radius 1 is 1.17 bits per heavy atom. The molecule has 0 bridgehead atoms. The van der Waals surface area contributed by atoms with Gasteiger partial charge in [0.1, 0.15) is 6.17 Å². The first-order valence-electron chi connectivity index (χ1n) is 11.9. The number of anilines is 1. The molecular weight excluding hydrogens is 484 g/mol. The van der Waals surface area contributed by atoms with Gasteiger partial charge in [-0.25, -0.2) is 9.80 Å². The summed E-state index contributed by atoms with van der Waals surface area (Å²) in [5.41, 5.74) is 4.62. The number of hydrazine groups is 1. The molecule has 8 nitrogen and oxygen atoms in total. The summed E-state index contributed by atoms with van der Waals surface area (Å²) in [5, 5.41) is 6.58. The summed E-state index contributed by atoms with van der Waals surface area (Å²) in [7, 11) is 0. The Labute approximate surface area is 216 Å². The van der Waals surface area contributed by atoms with Gasteiger partial charge in [0, 0.05) is 55.4 Å². The molecule has 2 aliphatic heterocycles. The molecule has 35 heavy (non-hydrogen) atoms. The van der Waals surface area contributed by atoms with Gasteiger partial charge < -0.3 is 15.1 Å². The largest absolute Gasteiger partial charge is 0.334 e. The van der Waals surface area contributed by atoms with Crippen LogP contribution in [0.2, 0.25) is 5.02 Å². The average Bonchev–Trinajstić information content (AvgIpc) is 3.25. The maximum Gasteiger partial charge on any atom is 0.334 e. The third kappa shape index (κ3) is 6.10. The Morgan fingerprint density at radius 2 is 1.91 bits per heavy atom. The van der Waals surface area contributed by atoms with Gasteiger partial charge >= 0.3 is 6.03 Å². The van der Waals surface area contributed by atoms with E-state index in [1.165, 1.54) is 0 Å². The van der Waals surface area contributed by atoms with Crippen LogP contribution in [0.1, 0.15) is 30.1 Å². The Hall–Kier alpha value is -2.72. The number of hydrogen-bond donors (Lipinski definition) is 2. The molecule has 1 atom stereocenters. The van der Waals surface area contributed by atoms with Gasteiger partial charge in [0.25, 0.3) is 0 Å². The lowest BCUT2D eigenvalue weighted by atomic mass is 10.1. The molecule has 0 saturated carbocycles. The molecule has 1 unspecified atom stereocenters. The zero-order chi connectivity index (χ0) is 24.8. The Morgan fingerprint density at radius 3 is 2.63 bits per heavy atom. The van der Waals surface area contributed by atoms with Crippen LogP contribution in [0.4, 0.5) is 10.5 Å². The summed E-state index contributed by atoms with van der Waals surface area (Å²) in [6, 6.07) is 16.8. The normalized spacial score (nSPS) is 18.5. The number of Topliss-reactive ketones (excluding diaryl/α,β-unsaturated/α-hetero) is 1. The lowest BCUT2D eigenvalue weighted by molar-refractivity contribution is 0.0886. The van der Waals surface area contributed by atoms with Crippen molar-refractivity contribution >= 4 is 46.4 Å². The van der Waals surface area contributed by atoms with Gasteiger partial charge in [0.05, 0.1) is 6.67 Å².